The van der Waals surface area contributed by atoms with Crippen molar-refractivity contribution in [2.24, 2.45) is 0 Å². The summed E-state index contributed by atoms with van der Waals surface area (Å²) in [7, 11) is 0. The highest BCUT2D eigenvalue weighted by Gasteiger charge is 2.31. The summed E-state index contributed by atoms with van der Waals surface area (Å²) in [6.45, 7) is 5.52. The van der Waals surface area contributed by atoms with Gasteiger partial charge in [-0.2, -0.15) is 0 Å². The highest BCUT2D eigenvalue weighted by molar-refractivity contribution is 7.09. The molecule has 0 N–H and O–H groups in total. The van der Waals surface area contributed by atoms with Crippen LogP contribution in [-0.2, 0) is 4.74 Å². The summed E-state index contributed by atoms with van der Waals surface area (Å²) in [5.41, 5.74) is 2.41. The van der Waals surface area contributed by atoms with Crippen molar-refractivity contribution in [1.82, 2.24) is 14.9 Å². The zero-order valence-corrected chi connectivity index (χ0v) is 12.9. The van der Waals surface area contributed by atoms with Crippen molar-refractivity contribution in [1.29, 1.82) is 0 Å². The Morgan fingerprint density at radius 1 is 1.43 bits per heavy atom. The number of pyridine rings is 1. The van der Waals surface area contributed by atoms with Crippen molar-refractivity contribution in [3.63, 3.8) is 0 Å². The Balaban J connectivity index is 1.87. The molecule has 3 heterocycles. The molecule has 5 nitrogen and oxygen atoms in total. The summed E-state index contributed by atoms with van der Waals surface area (Å²) in [5.74, 6) is -0.0612. The quantitative estimate of drug-likeness (QED) is 0.854. The summed E-state index contributed by atoms with van der Waals surface area (Å²) < 4.78 is 5.53. The van der Waals surface area contributed by atoms with Crippen LogP contribution in [-0.4, -0.2) is 40.5 Å². The Hall–Kier alpha value is -1.79. The lowest BCUT2D eigenvalue weighted by Crippen LogP contribution is -2.43. The first-order valence-electron chi connectivity index (χ1n) is 6.88. The molecule has 1 aliphatic rings. The van der Waals surface area contributed by atoms with Gasteiger partial charge in [-0.1, -0.05) is 6.07 Å². The van der Waals surface area contributed by atoms with Crippen LogP contribution in [0.1, 0.15) is 32.8 Å². The lowest BCUT2D eigenvalue weighted by Gasteiger charge is -2.34. The van der Waals surface area contributed by atoms with Gasteiger partial charge in [0.1, 0.15) is 5.69 Å². The van der Waals surface area contributed by atoms with Gasteiger partial charge >= 0.3 is 0 Å². The molecule has 1 amide bonds. The van der Waals surface area contributed by atoms with Crippen molar-refractivity contribution in [2.75, 3.05) is 19.8 Å². The van der Waals surface area contributed by atoms with Gasteiger partial charge in [0.25, 0.3) is 5.91 Å². The molecule has 1 unspecified atom stereocenters. The van der Waals surface area contributed by atoms with E-state index in [1.54, 1.807) is 23.6 Å². The molecule has 0 saturated carbocycles. The van der Waals surface area contributed by atoms with Crippen LogP contribution in [0.25, 0.3) is 0 Å². The highest BCUT2D eigenvalue weighted by atomic mass is 32.1. The average Bonchev–Trinajstić information content (AvgIpc) is 2.94. The maximum Gasteiger partial charge on any atom is 0.273 e. The van der Waals surface area contributed by atoms with E-state index in [1.165, 1.54) is 0 Å². The standard InChI is InChI=1S/C15H17N3O2S/c1-10-3-4-12(16-7-10)15(19)18-5-6-20-8-14(18)13-9-21-11(2)17-13/h3-4,7,9,14H,5-6,8H2,1-2H3. The third-order valence-electron chi connectivity index (χ3n) is 3.50. The van der Waals surface area contributed by atoms with Crippen LogP contribution in [0, 0.1) is 13.8 Å². The van der Waals surface area contributed by atoms with Crippen LogP contribution >= 0.6 is 11.3 Å². The fourth-order valence-electron chi connectivity index (χ4n) is 2.37. The molecule has 1 atom stereocenters. The van der Waals surface area contributed by atoms with Gasteiger partial charge in [-0.3, -0.25) is 9.78 Å². The second-order valence-corrected chi connectivity index (χ2v) is 6.16. The number of thiazole rings is 1. The van der Waals surface area contributed by atoms with Crippen LogP contribution in [0.15, 0.2) is 23.7 Å². The first kappa shape index (κ1) is 14.2. The van der Waals surface area contributed by atoms with Gasteiger partial charge in [0.2, 0.25) is 0 Å². The van der Waals surface area contributed by atoms with Crippen molar-refractivity contribution in [3.8, 4) is 0 Å². The van der Waals surface area contributed by atoms with E-state index >= 15 is 0 Å². The minimum Gasteiger partial charge on any atom is -0.377 e. The lowest BCUT2D eigenvalue weighted by molar-refractivity contribution is -0.00407. The highest BCUT2D eigenvalue weighted by Crippen LogP contribution is 2.26. The predicted octanol–water partition coefficient (Wildman–Crippen LogP) is 2.37. The van der Waals surface area contributed by atoms with Crippen molar-refractivity contribution >= 4 is 17.2 Å². The number of amides is 1. The number of nitrogens with zero attached hydrogens (tertiary/aromatic N) is 3. The molecule has 21 heavy (non-hydrogen) atoms. The van der Waals surface area contributed by atoms with Gasteiger partial charge in [0.05, 0.1) is 30.0 Å². The fourth-order valence-corrected chi connectivity index (χ4v) is 3.03. The number of hydrogen-bond donors (Lipinski definition) is 0. The SMILES string of the molecule is Cc1ccc(C(=O)N2CCOCC2c2csc(C)n2)nc1. The topological polar surface area (TPSA) is 55.3 Å². The van der Waals surface area contributed by atoms with Crippen LogP contribution in [0.3, 0.4) is 0 Å². The molecule has 2 aromatic heterocycles. The molecule has 1 fully saturated rings. The Morgan fingerprint density at radius 2 is 2.29 bits per heavy atom. The van der Waals surface area contributed by atoms with Crippen LogP contribution in [0.2, 0.25) is 0 Å². The van der Waals surface area contributed by atoms with Gasteiger partial charge in [-0.15, -0.1) is 11.3 Å². The molecule has 2 aromatic rings. The van der Waals surface area contributed by atoms with E-state index in [-0.39, 0.29) is 11.9 Å². The molecule has 0 radical (unpaired) electrons. The van der Waals surface area contributed by atoms with Crippen LogP contribution in [0.4, 0.5) is 0 Å². The average molecular weight is 303 g/mol. The molecule has 0 spiro atoms. The molecule has 110 valence electrons. The monoisotopic (exact) mass is 303 g/mol. The van der Waals surface area contributed by atoms with Crippen LogP contribution < -0.4 is 0 Å². The third kappa shape index (κ3) is 2.96. The fraction of sp³-hybridized carbons (Fsp3) is 0.400. The zero-order valence-electron chi connectivity index (χ0n) is 12.1. The van der Waals surface area contributed by atoms with E-state index in [1.807, 2.05) is 30.2 Å². The smallest absolute Gasteiger partial charge is 0.273 e. The first-order chi connectivity index (χ1) is 10.1. The summed E-state index contributed by atoms with van der Waals surface area (Å²) in [4.78, 5) is 23.2. The maximum atomic E-state index is 12.7. The second kappa shape index (κ2) is 5.91. The molecule has 1 saturated heterocycles. The van der Waals surface area contributed by atoms with E-state index < -0.39 is 0 Å². The maximum absolute atomic E-state index is 12.7. The van der Waals surface area contributed by atoms with Gasteiger partial charge in [-0.25, -0.2) is 4.98 Å². The number of morpholine rings is 1. The van der Waals surface area contributed by atoms with E-state index in [2.05, 4.69) is 9.97 Å². The largest absolute Gasteiger partial charge is 0.377 e. The second-order valence-electron chi connectivity index (χ2n) is 5.10. The number of aromatic nitrogens is 2. The molecule has 0 aromatic carbocycles. The Morgan fingerprint density at radius 3 is 2.95 bits per heavy atom. The molecular weight excluding hydrogens is 286 g/mol. The summed E-state index contributed by atoms with van der Waals surface area (Å²) >= 11 is 1.59. The van der Waals surface area contributed by atoms with E-state index in [9.17, 15) is 4.79 Å². The molecule has 6 heteroatoms. The summed E-state index contributed by atoms with van der Waals surface area (Å²) in [6.07, 6.45) is 1.72. The summed E-state index contributed by atoms with van der Waals surface area (Å²) in [6, 6.07) is 3.55. The molecule has 0 bridgehead atoms. The van der Waals surface area contributed by atoms with E-state index in [4.69, 9.17) is 4.74 Å². The Bertz CT molecular complexity index is 639. The van der Waals surface area contributed by atoms with Crippen molar-refractivity contribution in [2.45, 2.75) is 19.9 Å². The molecular formula is C15H17N3O2S. The lowest BCUT2D eigenvalue weighted by atomic mass is 10.1. The van der Waals surface area contributed by atoms with Crippen molar-refractivity contribution < 1.29 is 9.53 Å². The van der Waals surface area contributed by atoms with Gasteiger partial charge in [0, 0.05) is 18.1 Å². The normalized spacial score (nSPS) is 18.8. The van der Waals surface area contributed by atoms with Crippen LogP contribution in [0.5, 0.6) is 0 Å². The minimum absolute atomic E-state index is 0.0612. The first-order valence-corrected chi connectivity index (χ1v) is 7.76. The van der Waals surface area contributed by atoms with E-state index in [0.29, 0.717) is 25.5 Å². The van der Waals surface area contributed by atoms with Crippen molar-refractivity contribution in [3.05, 3.63) is 45.7 Å². The number of carbonyl (C=O) groups excluding carboxylic acids is 1. The molecule has 0 aliphatic carbocycles. The van der Waals surface area contributed by atoms with Gasteiger partial charge in [-0.05, 0) is 25.5 Å². The zero-order chi connectivity index (χ0) is 14.8. The number of rotatable bonds is 2. The number of aryl methyl sites for hydroxylation is 2. The molecule has 1 aliphatic heterocycles. The third-order valence-corrected chi connectivity index (χ3v) is 4.29. The summed E-state index contributed by atoms with van der Waals surface area (Å²) in [5, 5.41) is 2.99. The van der Waals surface area contributed by atoms with Gasteiger partial charge < -0.3 is 9.64 Å². The Labute approximate surface area is 127 Å². The predicted molar refractivity (Wildman–Crippen MR) is 80.4 cm³/mol. The molecule has 3 rings (SSSR count). The van der Waals surface area contributed by atoms with E-state index in [0.717, 1.165) is 16.3 Å². The number of hydrogen-bond acceptors (Lipinski definition) is 5. The Kier molecular flexibility index (Phi) is 3.98. The number of ether oxygens (including phenoxy) is 1. The number of carbonyl (C=O) groups is 1. The van der Waals surface area contributed by atoms with Gasteiger partial charge in [0.15, 0.2) is 0 Å². The minimum atomic E-state index is -0.126.